The largest absolute Gasteiger partial charge is 0.444 e. The molecule has 0 spiro atoms. The quantitative estimate of drug-likeness (QED) is 0.799. The highest BCUT2D eigenvalue weighted by Gasteiger charge is 2.18. The lowest BCUT2D eigenvalue weighted by atomic mass is 10.1. The number of β-amino-alcohol motifs (C(OH)–C–C–N with tert-alkyl or cyclic N) is 1. The van der Waals surface area contributed by atoms with Crippen LogP contribution < -0.4 is 5.32 Å². The Morgan fingerprint density at radius 1 is 1.33 bits per heavy atom. The number of piperidine rings is 1. The second-order valence-corrected chi connectivity index (χ2v) is 5.90. The summed E-state index contributed by atoms with van der Waals surface area (Å²) in [4.78, 5) is 13.6. The standard InChI is InChI=1S/C13H26N2O3/c1-13(2,3)18-12(17)14-9-11(16)10-15-7-5-4-6-8-15/h11,16H,4-10H2,1-3H3,(H,14,17)/t11-/m1/s1. The lowest BCUT2D eigenvalue weighted by molar-refractivity contribution is 0.0462. The first-order chi connectivity index (χ1) is 8.37. The fourth-order valence-corrected chi connectivity index (χ4v) is 2.02. The van der Waals surface area contributed by atoms with Gasteiger partial charge in [-0.25, -0.2) is 4.79 Å². The minimum absolute atomic E-state index is 0.241. The van der Waals surface area contributed by atoms with Crippen LogP contribution in [0.3, 0.4) is 0 Å². The highest BCUT2D eigenvalue weighted by atomic mass is 16.6. The maximum absolute atomic E-state index is 11.4. The summed E-state index contributed by atoms with van der Waals surface area (Å²) in [5, 5.41) is 12.4. The van der Waals surface area contributed by atoms with Gasteiger partial charge in [0.1, 0.15) is 5.60 Å². The second kappa shape index (κ2) is 6.95. The van der Waals surface area contributed by atoms with E-state index in [-0.39, 0.29) is 6.54 Å². The van der Waals surface area contributed by atoms with Gasteiger partial charge in [-0.1, -0.05) is 6.42 Å². The van der Waals surface area contributed by atoms with Gasteiger partial charge in [-0.3, -0.25) is 0 Å². The Labute approximate surface area is 109 Å². The monoisotopic (exact) mass is 258 g/mol. The van der Waals surface area contributed by atoms with Gasteiger partial charge in [0.15, 0.2) is 0 Å². The fraction of sp³-hybridized carbons (Fsp3) is 0.923. The molecule has 0 unspecified atom stereocenters. The summed E-state index contributed by atoms with van der Waals surface area (Å²) in [6, 6.07) is 0. The van der Waals surface area contributed by atoms with E-state index in [1.54, 1.807) is 0 Å². The number of hydrogen-bond acceptors (Lipinski definition) is 4. The van der Waals surface area contributed by atoms with E-state index in [2.05, 4.69) is 10.2 Å². The van der Waals surface area contributed by atoms with Crippen LogP contribution in [0.25, 0.3) is 0 Å². The molecule has 0 saturated carbocycles. The third-order valence-corrected chi connectivity index (χ3v) is 2.80. The lowest BCUT2D eigenvalue weighted by Gasteiger charge is -2.28. The van der Waals surface area contributed by atoms with Crippen molar-refractivity contribution in [2.45, 2.75) is 51.7 Å². The maximum Gasteiger partial charge on any atom is 0.407 e. The number of likely N-dealkylation sites (tertiary alicyclic amines) is 1. The molecule has 1 aliphatic heterocycles. The topological polar surface area (TPSA) is 61.8 Å². The van der Waals surface area contributed by atoms with E-state index in [9.17, 15) is 9.90 Å². The summed E-state index contributed by atoms with van der Waals surface area (Å²) in [6.07, 6.45) is 2.68. The first-order valence-corrected chi connectivity index (χ1v) is 6.74. The van der Waals surface area contributed by atoms with Gasteiger partial charge < -0.3 is 20.1 Å². The molecule has 5 nitrogen and oxygen atoms in total. The first-order valence-electron chi connectivity index (χ1n) is 6.74. The number of carbonyl (C=O) groups excluding carboxylic acids is 1. The van der Waals surface area contributed by atoms with Gasteiger partial charge in [-0.05, 0) is 46.7 Å². The molecule has 0 bridgehead atoms. The van der Waals surface area contributed by atoms with Crippen LogP contribution in [-0.2, 0) is 4.74 Å². The van der Waals surface area contributed by atoms with E-state index in [0.29, 0.717) is 6.54 Å². The van der Waals surface area contributed by atoms with Gasteiger partial charge in [0.25, 0.3) is 0 Å². The molecule has 0 radical (unpaired) electrons. The zero-order chi connectivity index (χ0) is 13.6. The summed E-state index contributed by atoms with van der Waals surface area (Å²) < 4.78 is 5.10. The van der Waals surface area contributed by atoms with Crippen LogP contribution >= 0.6 is 0 Å². The van der Waals surface area contributed by atoms with Crippen molar-refractivity contribution in [3.05, 3.63) is 0 Å². The van der Waals surface area contributed by atoms with Crippen molar-refractivity contribution in [1.29, 1.82) is 0 Å². The zero-order valence-electron chi connectivity index (χ0n) is 11.7. The van der Waals surface area contributed by atoms with Crippen LogP contribution in [0.1, 0.15) is 40.0 Å². The molecule has 1 fully saturated rings. The van der Waals surface area contributed by atoms with E-state index in [4.69, 9.17) is 4.74 Å². The molecule has 106 valence electrons. The average Bonchev–Trinajstić information content (AvgIpc) is 2.25. The van der Waals surface area contributed by atoms with E-state index in [0.717, 1.165) is 13.1 Å². The molecule has 1 aliphatic rings. The molecular formula is C13H26N2O3. The van der Waals surface area contributed by atoms with Gasteiger partial charge in [-0.2, -0.15) is 0 Å². The molecule has 1 heterocycles. The van der Waals surface area contributed by atoms with Crippen LogP contribution in [0.4, 0.5) is 4.79 Å². The Morgan fingerprint density at radius 2 is 1.94 bits per heavy atom. The molecule has 1 atom stereocenters. The molecule has 18 heavy (non-hydrogen) atoms. The number of ether oxygens (including phenoxy) is 1. The Kier molecular flexibility index (Phi) is 5.88. The van der Waals surface area contributed by atoms with Gasteiger partial charge >= 0.3 is 6.09 Å². The average molecular weight is 258 g/mol. The number of amides is 1. The second-order valence-electron chi connectivity index (χ2n) is 5.90. The van der Waals surface area contributed by atoms with Crippen molar-refractivity contribution in [2.24, 2.45) is 0 Å². The van der Waals surface area contributed by atoms with Crippen LogP contribution in [0.15, 0.2) is 0 Å². The number of hydrogen-bond donors (Lipinski definition) is 2. The predicted octanol–water partition coefficient (Wildman–Crippen LogP) is 1.36. The van der Waals surface area contributed by atoms with E-state index >= 15 is 0 Å². The molecule has 1 amide bonds. The van der Waals surface area contributed by atoms with Gasteiger partial charge in [-0.15, -0.1) is 0 Å². The summed E-state index contributed by atoms with van der Waals surface area (Å²) in [7, 11) is 0. The number of aliphatic hydroxyl groups is 1. The molecule has 1 rings (SSSR count). The smallest absolute Gasteiger partial charge is 0.407 e. The molecular weight excluding hydrogens is 232 g/mol. The predicted molar refractivity (Wildman–Crippen MR) is 70.5 cm³/mol. The number of nitrogens with zero attached hydrogens (tertiary/aromatic N) is 1. The third-order valence-electron chi connectivity index (χ3n) is 2.80. The molecule has 0 aromatic carbocycles. The van der Waals surface area contributed by atoms with Crippen LogP contribution in [0, 0.1) is 0 Å². The summed E-state index contributed by atoms with van der Waals surface area (Å²) in [5.74, 6) is 0. The Hall–Kier alpha value is -0.810. The van der Waals surface area contributed by atoms with Crippen molar-refractivity contribution in [3.63, 3.8) is 0 Å². The molecule has 5 heteroatoms. The SMILES string of the molecule is CC(C)(C)OC(=O)NC[C@@H](O)CN1CCCCC1. The van der Waals surface area contributed by atoms with Crippen LogP contribution in [0.2, 0.25) is 0 Å². The van der Waals surface area contributed by atoms with E-state index in [1.807, 2.05) is 20.8 Å². The number of carbonyl (C=O) groups is 1. The highest BCUT2D eigenvalue weighted by Crippen LogP contribution is 2.09. The highest BCUT2D eigenvalue weighted by molar-refractivity contribution is 5.67. The Balaban J connectivity index is 2.16. The fourth-order valence-electron chi connectivity index (χ4n) is 2.02. The number of nitrogens with one attached hydrogen (secondary N) is 1. The minimum Gasteiger partial charge on any atom is -0.444 e. The number of aliphatic hydroxyl groups excluding tert-OH is 1. The van der Waals surface area contributed by atoms with Gasteiger partial charge in [0.2, 0.25) is 0 Å². The van der Waals surface area contributed by atoms with Gasteiger partial charge in [0, 0.05) is 13.1 Å². The molecule has 1 saturated heterocycles. The van der Waals surface area contributed by atoms with Crippen LogP contribution in [0.5, 0.6) is 0 Å². The minimum atomic E-state index is -0.532. The van der Waals surface area contributed by atoms with Gasteiger partial charge in [0.05, 0.1) is 6.10 Å². The normalized spacial score (nSPS) is 19.3. The number of rotatable bonds is 4. The maximum atomic E-state index is 11.4. The third kappa shape index (κ3) is 6.81. The van der Waals surface area contributed by atoms with Crippen molar-refractivity contribution in [3.8, 4) is 0 Å². The summed E-state index contributed by atoms with van der Waals surface area (Å²) in [5.41, 5.74) is -0.498. The molecule has 0 aromatic rings. The molecule has 0 aliphatic carbocycles. The lowest BCUT2D eigenvalue weighted by Crippen LogP contribution is -2.43. The Morgan fingerprint density at radius 3 is 2.50 bits per heavy atom. The number of alkyl carbamates (subject to hydrolysis) is 1. The van der Waals surface area contributed by atoms with E-state index < -0.39 is 17.8 Å². The first kappa shape index (κ1) is 15.2. The molecule has 0 aromatic heterocycles. The van der Waals surface area contributed by atoms with Crippen molar-refractivity contribution < 1.29 is 14.6 Å². The summed E-state index contributed by atoms with van der Waals surface area (Å²) in [6.45, 7) is 8.40. The van der Waals surface area contributed by atoms with Crippen molar-refractivity contribution in [1.82, 2.24) is 10.2 Å². The van der Waals surface area contributed by atoms with Crippen molar-refractivity contribution >= 4 is 6.09 Å². The van der Waals surface area contributed by atoms with Crippen LogP contribution in [-0.4, -0.2) is 54.0 Å². The van der Waals surface area contributed by atoms with Crippen molar-refractivity contribution in [2.75, 3.05) is 26.2 Å². The molecule has 2 N–H and O–H groups in total. The zero-order valence-corrected chi connectivity index (χ0v) is 11.7. The Bertz CT molecular complexity index is 257. The summed E-state index contributed by atoms with van der Waals surface area (Å²) >= 11 is 0. The van der Waals surface area contributed by atoms with E-state index in [1.165, 1.54) is 19.3 Å².